The molecule has 1 aromatic heterocycles. The molecule has 9 nitrogen and oxygen atoms in total. The van der Waals surface area contributed by atoms with Crippen molar-refractivity contribution in [2.75, 3.05) is 25.6 Å². The SMILES string of the molecule is CCOC(=O)C1=C(C)N=C(C)C(C(=O)OCC)C1c1ccccc1-c1nc(-c2ccc(OC)c(NC(C)=O)c2)cs1. The predicted molar refractivity (Wildman–Crippen MR) is 159 cm³/mol. The molecule has 0 aliphatic carbocycles. The van der Waals surface area contributed by atoms with Crippen LogP contribution in [-0.2, 0) is 23.9 Å². The van der Waals surface area contributed by atoms with Gasteiger partial charge in [-0.2, -0.15) is 0 Å². The number of aliphatic imine (C=N–C) groups is 1. The van der Waals surface area contributed by atoms with Gasteiger partial charge in [-0.25, -0.2) is 9.78 Å². The summed E-state index contributed by atoms with van der Waals surface area (Å²) in [6.07, 6.45) is 0. The number of methoxy groups -OCH3 is 1. The Kier molecular flexibility index (Phi) is 9.34. The monoisotopic (exact) mass is 575 g/mol. The van der Waals surface area contributed by atoms with Gasteiger partial charge in [-0.15, -0.1) is 11.3 Å². The molecule has 2 unspecified atom stereocenters. The molecule has 0 saturated carbocycles. The Balaban J connectivity index is 1.84. The summed E-state index contributed by atoms with van der Waals surface area (Å²) in [5, 5.41) is 5.42. The number of carbonyl (C=O) groups is 3. The van der Waals surface area contributed by atoms with Crippen molar-refractivity contribution in [1.82, 2.24) is 4.98 Å². The van der Waals surface area contributed by atoms with Gasteiger partial charge in [0.2, 0.25) is 5.91 Å². The number of allylic oxidation sites excluding steroid dienone is 1. The standard InChI is InChI=1S/C31H33N3O6S/c1-7-39-30(36)26-17(3)32-18(4)27(31(37)40-8-2)28(26)21-11-9-10-12-22(21)29-34-24(16-41-29)20-13-14-25(38-6)23(15-20)33-19(5)35/h9-16,26,28H,7-8H2,1-6H3,(H,33,35). The van der Waals surface area contributed by atoms with Crippen molar-refractivity contribution in [3.63, 3.8) is 0 Å². The van der Waals surface area contributed by atoms with Crippen molar-refractivity contribution >= 4 is 40.6 Å². The fourth-order valence-corrected chi connectivity index (χ4v) is 5.91. The maximum absolute atomic E-state index is 13.3. The van der Waals surface area contributed by atoms with Crippen LogP contribution in [0, 0.1) is 5.92 Å². The second-order valence-corrected chi connectivity index (χ2v) is 10.3. The number of carbonyl (C=O) groups excluding carboxylic acids is 3. The molecule has 0 fully saturated rings. The Bertz CT molecular complexity index is 1540. The molecule has 4 rings (SSSR count). The van der Waals surface area contributed by atoms with Crippen LogP contribution in [0.15, 0.2) is 64.1 Å². The molecule has 1 aliphatic heterocycles. The van der Waals surface area contributed by atoms with E-state index in [2.05, 4.69) is 10.3 Å². The molecule has 0 spiro atoms. The number of hydrogen-bond donors (Lipinski definition) is 1. The fourth-order valence-electron chi connectivity index (χ4n) is 5.03. The molecule has 214 valence electrons. The van der Waals surface area contributed by atoms with Gasteiger partial charge < -0.3 is 19.5 Å². The molecule has 2 atom stereocenters. The van der Waals surface area contributed by atoms with Gasteiger partial charge in [0, 0.05) is 40.8 Å². The van der Waals surface area contributed by atoms with Crippen molar-refractivity contribution in [2.24, 2.45) is 10.9 Å². The minimum absolute atomic E-state index is 0.189. The van der Waals surface area contributed by atoms with E-state index in [0.29, 0.717) is 39.1 Å². The van der Waals surface area contributed by atoms with Crippen LogP contribution in [0.5, 0.6) is 5.75 Å². The number of amides is 1. The number of aromatic nitrogens is 1. The van der Waals surface area contributed by atoms with Crippen LogP contribution in [-0.4, -0.2) is 48.9 Å². The van der Waals surface area contributed by atoms with Crippen LogP contribution in [0.1, 0.15) is 46.1 Å². The molecule has 10 heteroatoms. The molecule has 2 aromatic carbocycles. The zero-order valence-electron chi connectivity index (χ0n) is 23.9. The maximum atomic E-state index is 13.3. The van der Waals surface area contributed by atoms with Crippen LogP contribution in [0.2, 0.25) is 0 Å². The average molecular weight is 576 g/mol. The molecule has 1 N–H and O–H groups in total. The number of rotatable bonds is 9. The highest BCUT2D eigenvalue weighted by Crippen LogP contribution is 2.44. The molecule has 0 radical (unpaired) electrons. The summed E-state index contributed by atoms with van der Waals surface area (Å²) in [7, 11) is 1.54. The van der Waals surface area contributed by atoms with Crippen molar-refractivity contribution in [2.45, 2.75) is 40.5 Å². The second kappa shape index (κ2) is 12.9. The molecule has 41 heavy (non-hydrogen) atoms. The van der Waals surface area contributed by atoms with Crippen LogP contribution >= 0.6 is 11.3 Å². The van der Waals surface area contributed by atoms with Crippen molar-refractivity contribution in [1.29, 1.82) is 0 Å². The van der Waals surface area contributed by atoms with Crippen LogP contribution in [0.3, 0.4) is 0 Å². The van der Waals surface area contributed by atoms with Gasteiger partial charge in [0.05, 0.1) is 37.3 Å². The molecule has 1 aliphatic rings. The number of hydrogen-bond acceptors (Lipinski definition) is 9. The highest BCUT2D eigenvalue weighted by atomic mass is 32.1. The lowest BCUT2D eigenvalue weighted by atomic mass is 9.74. The zero-order chi connectivity index (χ0) is 29.7. The summed E-state index contributed by atoms with van der Waals surface area (Å²) < 4.78 is 16.2. The number of thiazole rings is 1. The lowest BCUT2D eigenvalue weighted by Gasteiger charge is -2.32. The average Bonchev–Trinajstić information content (AvgIpc) is 3.43. The number of benzene rings is 2. The Hall–Kier alpha value is -4.31. The first-order chi connectivity index (χ1) is 19.7. The van der Waals surface area contributed by atoms with Crippen LogP contribution < -0.4 is 10.1 Å². The smallest absolute Gasteiger partial charge is 0.336 e. The van der Waals surface area contributed by atoms with E-state index in [9.17, 15) is 14.4 Å². The van der Waals surface area contributed by atoms with Gasteiger partial charge in [0.1, 0.15) is 16.7 Å². The quantitative estimate of drug-likeness (QED) is 0.310. The van der Waals surface area contributed by atoms with E-state index in [4.69, 9.17) is 19.2 Å². The van der Waals surface area contributed by atoms with Gasteiger partial charge in [-0.1, -0.05) is 24.3 Å². The lowest BCUT2D eigenvalue weighted by molar-refractivity contribution is -0.146. The Morgan fingerprint density at radius 2 is 1.76 bits per heavy atom. The maximum Gasteiger partial charge on any atom is 0.336 e. The summed E-state index contributed by atoms with van der Waals surface area (Å²) in [6, 6.07) is 13.1. The van der Waals surface area contributed by atoms with E-state index in [1.807, 2.05) is 41.8 Å². The number of nitrogens with one attached hydrogen (secondary N) is 1. The lowest BCUT2D eigenvalue weighted by Crippen LogP contribution is -2.36. The molecular formula is C31H33N3O6S. The molecule has 0 bridgehead atoms. The molecule has 3 aromatic rings. The number of anilines is 1. The van der Waals surface area contributed by atoms with E-state index in [-0.39, 0.29) is 19.1 Å². The number of ether oxygens (including phenoxy) is 3. The van der Waals surface area contributed by atoms with Crippen LogP contribution in [0.25, 0.3) is 21.8 Å². The molecule has 0 saturated heterocycles. The van der Waals surface area contributed by atoms with Crippen molar-refractivity contribution in [3.8, 4) is 27.6 Å². The summed E-state index contributed by atoms with van der Waals surface area (Å²) in [5.74, 6) is -2.12. The molecule has 1 amide bonds. The van der Waals surface area contributed by atoms with E-state index in [1.165, 1.54) is 18.3 Å². The van der Waals surface area contributed by atoms with E-state index in [1.54, 1.807) is 40.9 Å². The minimum Gasteiger partial charge on any atom is -0.495 e. The Morgan fingerprint density at radius 3 is 2.44 bits per heavy atom. The largest absolute Gasteiger partial charge is 0.495 e. The third kappa shape index (κ3) is 6.22. The van der Waals surface area contributed by atoms with E-state index in [0.717, 1.165) is 16.7 Å². The van der Waals surface area contributed by atoms with Gasteiger partial charge in [-0.3, -0.25) is 14.6 Å². The first-order valence-corrected chi connectivity index (χ1v) is 14.2. The summed E-state index contributed by atoms with van der Waals surface area (Å²) in [6.45, 7) is 8.85. The van der Waals surface area contributed by atoms with Crippen molar-refractivity contribution in [3.05, 3.63) is 64.7 Å². The van der Waals surface area contributed by atoms with Crippen molar-refractivity contribution < 1.29 is 28.6 Å². The Morgan fingerprint density at radius 1 is 1.02 bits per heavy atom. The summed E-state index contributed by atoms with van der Waals surface area (Å²) in [4.78, 5) is 47.8. The number of esters is 2. The van der Waals surface area contributed by atoms with Gasteiger partial charge >= 0.3 is 11.9 Å². The first-order valence-electron chi connectivity index (χ1n) is 13.3. The van der Waals surface area contributed by atoms with Gasteiger partial charge in [-0.05, 0) is 51.5 Å². The topological polar surface area (TPSA) is 116 Å². The molecule has 2 heterocycles. The van der Waals surface area contributed by atoms with Crippen LogP contribution in [0.4, 0.5) is 5.69 Å². The fraction of sp³-hybridized carbons (Fsp3) is 0.323. The highest BCUT2D eigenvalue weighted by molar-refractivity contribution is 7.13. The van der Waals surface area contributed by atoms with Gasteiger partial charge in [0.25, 0.3) is 0 Å². The highest BCUT2D eigenvalue weighted by Gasteiger charge is 2.43. The second-order valence-electron chi connectivity index (χ2n) is 9.40. The number of nitrogens with zero attached hydrogens (tertiary/aromatic N) is 2. The van der Waals surface area contributed by atoms with Gasteiger partial charge in [0.15, 0.2) is 0 Å². The summed E-state index contributed by atoms with van der Waals surface area (Å²) >= 11 is 1.44. The first kappa shape index (κ1) is 29.7. The third-order valence-corrected chi connectivity index (χ3v) is 7.58. The Labute approximate surface area is 243 Å². The zero-order valence-corrected chi connectivity index (χ0v) is 24.8. The third-order valence-electron chi connectivity index (χ3n) is 6.70. The predicted octanol–water partition coefficient (Wildman–Crippen LogP) is 6.02. The minimum atomic E-state index is -0.805. The van der Waals surface area contributed by atoms with E-state index < -0.39 is 23.8 Å². The normalized spacial score (nSPS) is 16.6. The summed E-state index contributed by atoms with van der Waals surface area (Å²) in [5.41, 5.74) is 4.97. The van der Waals surface area contributed by atoms with E-state index >= 15 is 0 Å². The molecular weight excluding hydrogens is 542 g/mol.